The molecule has 0 unspecified atom stereocenters. The second kappa shape index (κ2) is 9.40. The summed E-state index contributed by atoms with van der Waals surface area (Å²) in [5.74, 6) is 0.0235. The highest BCUT2D eigenvalue weighted by Gasteiger charge is 2.19. The van der Waals surface area contributed by atoms with E-state index >= 15 is 0 Å². The summed E-state index contributed by atoms with van der Waals surface area (Å²) in [6, 6.07) is 11.0. The Hall–Kier alpha value is -3.39. The van der Waals surface area contributed by atoms with Crippen molar-refractivity contribution < 1.29 is 18.3 Å². The van der Waals surface area contributed by atoms with E-state index in [0.29, 0.717) is 61.7 Å². The molecule has 1 fully saturated rings. The fourth-order valence-corrected chi connectivity index (χ4v) is 3.73. The number of hydrogen-bond donors (Lipinski definition) is 1. The Bertz CT molecular complexity index is 1170. The third-order valence-electron chi connectivity index (χ3n) is 5.44. The van der Waals surface area contributed by atoms with Crippen LogP contribution in [0.15, 0.2) is 51.7 Å². The first-order chi connectivity index (χ1) is 15.4. The Morgan fingerprint density at radius 1 is 1.12 bits per heavy atom. The van der Waals surface area contributed by atoms with E-state index in [4.69, 9.17) is 9.15 Å². The number of carbonyl (C=O) groups excluding carboxylic acids is 1. The summed E-state index contributed by atoms with van der Waals surface area (Å²) in [5, 5.41) is 3.62. The molecule has 2 aromatic carbocycles. The van der Waals surface area contributed by atoms with Gasteiger partial charge >= 0.3 is 0 Å². The van der Waals surface area contributed by atoms with E-state index in [1.54, 1.807) is 38.4 Å². The molecule has 1 amide bonds. The average Bonchev–Trinajstić information content (AvgIpc) is 2.80. The Morgan fingerprint density at radius 3 is 2.53 bits per heavy atom. The molecule has 0 atom stereocenters. The topological polar surface area (TPSA) is 75.0 Å². The van der Waals surface area contributed by atoms with Crippen LogP contribution in [0.2, 0.25) is 0 Å². The van der Waals surface area contributed by atoms with Crippen molar-refractivity contribution >= 4 is 28.4 Å². The van der Waals surface area contributed by atoms with Crippen LogP contribution in [0.1, 0.15) is 15.9 Å². The van der Waals surface area contributed by atoms with Crippen LogP contribution < -0.4 is 15.6 Å². The lowest BCUT2D eigenvalue weighted by atomic mass is 10.0. The summed E-state index contributed by atoms with van der Waals surface area (Å²) in [7, 11) is 3.35. The van der Waals surface area contributed by atoms with Gasteiger partial charge in [0.15, 0.2) is 11.3 Å². The smallest absolute Gasteiger partial charge is 0.253 e. The van der Waals surface area contributed by atoms with Crippen LogP contribution in [0.5, 0.6) is 0 Å². The first-order valence-corrected chi connectivity index (χ1v) is 10.6. The second-order valence-electron chi connectivity index (χ2n) is 7.94. The molecular formula is C24H26FN3O4. The normalized spacial score (nSPS) is 13.9. The monoisotopic (exact) mass is 439 g/mol. The van der Waals surface area contributed by atoms with Crippen molar-refractivity contribution in [3.05, 3.63) is 69.6 Å². The van der Waals surface area contributed by atoms with E-state index in [0.717, 1.165) is 11.3 Å². The minimum Gasteiger partial charge on any atom is -0.440 e. The Morgan fingerprint density at radius 2 is 1.84 bits per heavy atom. The van der Waals surface area contributed by atoms with Gasteiger partial charge in [0.2, 0.25) is 0 Å². The molecule has 0 aliphatic carbocycles. The Kier molecular flexibility index (Phi) is 6.41. The van der Waals surface area contributed by atoms with Crippen LogP contribution in [0.3, 0.4) is 0 Å². The standard InChI is InChI=1S/C24H26FN3O4/c1-27(2)24(30)17-13-16(7-8-26-19-5-3-18(25)4-6-19)23-20(14-17)21(29)15-22(32-23)28-9-11-31-12-10-28/h3-6,13-15,26H,7-12H2,1-2H3. The summed E-state index contributed by atoms with van der Waals surface area (Å²) in [5.41, 5.74) is 2.27. The number of amides is 1. The van der Waals surface area contributed by atoms with E-state index in [2.05, 4.69) is 5.32 Å². The Labute approximate surface area is 185 Å². The molecule has 1 aliphatic rings. The van der Waals surface area contributed by atoms with Crippen LogP contribution in [0.4, 0.5) is 16.0 Å². The van der Waals surface area contributed by atoms with Crippen LogP contribution in [-0.4, -0.2) is 57.8 Å². The van der Waals surface area contributed by atoms with Gasteiger partial charge in [-0.15, -0.1) is 0 Å². The first kappa shape index (κ1) is 21.8. The van der Waals surface area contributed by atoms with Crippen LogP contribution in [-0.2, 0) is 11.2 Å². The molecule has 1 saturated heterocycles. The summed E-state index contributed by atoms with van der Waals surface area (Å²) in [6.45, 7) is 2.96. The molecule has 1 aromatic heterocycles. The molecular weight excluding hydrogens is 413 g/mol. The molecule has 2 heterocycles. The van der Waals surface area contributed by atoms with E-state index in [9.17, 15) is 14.0 Å². The van der Waals surface area contributed by atoms with Crippen molar-refractivity contribution in [1.82, 2.24) is 4.90 Å². The lowest BCUT2D eigenvalue weighted by Crippen LogP contribution is -2.36. The van der Waals surface area contributed by atoms with Gasteiger partial charge in [0, 0.05) is 51.0 Å². The average molecular weight is 439 g/mol. The molecule has 0 saturated carbocycles. The summed E-state index contributed by atoms with van der Waals surface area (Å²) in [4.78, 5) is 29.1. The van der Waals surface area contributed by atoms with Crippen molar-refractivity contribution in [2.45, 2.75) is 6.42 Å². The van der Waals surface area contributed by atoms with Gasteiger partial charge < -0.3 is 24.3 Å². The molecule has 0 spiro atoms. The fourth-order valence-electron chi connectivity index (χ4n) is 3.73. The molecule has 7 nitrogen and oxygen atoms in total. The molecule has 3 aromatic rings. The van der Waals surface area contributed by atoms with Gasteiger partial charge in [-0.2, -0.15) is 0 Å². The molecule has 4 rings (SSSR count). The zero-order valence-electron chi connectivity index (χ0n) is 18.2. The highest BCUT2D eigenvalue weighted by Crippen LogP contribution is 2.26. The minimum absolute atomic E-state index is 0.184. The number of hydrogen-bond acceptors (Lipinski definition) is 6. The number of halogens is 1. The van der Waals surface area contributed by atoms with Crippen molar-refractivity contribution in [2.75, 3.05) is 57.2 Å². The summed E-state index contributed by atoms with van der Waals surface area (Å²) < 4.78 is 24.7. The minimum atomic E-state index is -0.297. The van der Waals surface area contributed by atoms with Crippen LogP contribution >= 0.6 is 0 Å². The number of anilines is 2. The van der Waals surface area contributed by atoms with Crippen molar-refractivity contribution in [3.63, 3.8) is 0 Å². The van der Waals surface area contributed by atoms with Gasteiger partial charge in [0.25, 0.3) is 5.91 Å². The third kappa shape index (κ3) is 4.75. The summed E-state index contributed by atoms with van der Waals surface area (Å²) >= 11 is 0. The van der Waals surface area contributed by atoms with E-state index in [-0.39, 0.29) is 17.2 Å². The lowest BCUT2D eigenvalue weighted by Gasteiger charge is -2.27. The van der Waals surface area contributed by atoms with Gasteiger partial charge in [-0.1, -0.05) is 0 Å². The number of nitrogens with zero attached hydrogens (tertiary/aromatic N) is 2. The summed E-state index contributed by atoms with van der Waals surface area (Å²) in [6.07, 6.45) is 0.512. The molecule has 8 heteroatoms. The van der Waals surface area contributed by atoms with Gasteiger partial charge in [-0.25, -0.2) is 4.39 Å². The van der Waals surface area contributed by atoms with Gasteiger partial charge in [-0.3, -0.25) is 9.59 Å². The quantitative estimate of drug-likeness (QED) is 0.636. The highest BCUT2D eigenvalue weighted by atomic mass is 19.1. The maximum atomic E-state index is 13.1. The van der Waals surface area contributed by atoms with E-state index in [1.165, 1.54) is 23.1 Å². The number of rotatable bonds is 6. The maximum Gasteiger partial charge on any atom is 0.253 e. The molecule has 0 radical (unpaired) electrons. The lowest BCUT2D eigenvalue weighted by molar-refractivity contribution is 0.0827. The van der Waals surface area contributed by atoms with Crippen molar-refractivity contribution in [1.29, 1.82) is 0 Å². The molecule has 168 valence electrons. The van der Waals surface area contributed by atoms with Crippen molar-refractivity contribution in [3.8, 4) is 0 Å². The predicted molar refractivity (Wildman–Crippen MR) is 122 cm³/mol. The predicted octanol–water partition coefficient (Wildman–Crippen LogP) is 3.13. The molecule has 32 heavy (non-hydrogen) atoms. The number of benzene rings is 2. The third-order valence-corrected chi connectivity index (χ3v) is 5.44. The number of morpholine rings is 1. The maximum absolute atomic E-state index is 13.1. The van der Waals surface area contributed by atoms with E-state index in [1.807, 2.05) is 4.90 Å². The number of ether oxygens (including phenoxy) is 1. The first-order valence-electron chi connectivity index (χ1n) is 10.6. The Balaban J connectivity index is 1.70. The number of fused-ring (bicyclic) bond motifs is 1. The second-order valence-corrected chi connectivity index (χ2v) is 7.94. The largest absolute Gasteiger partial charge is 0.440 e. The SMILES string of the molecule is CN(C)C(=O)c1cc(CCNc2ccc(F)cc2)c2oc(N3CCOCC3)cc(=O)c2c1. The van der Waals surface area contributed by atoms with Gasteiger partial charge in [-0.05, 0) is 48.4 Å². The van der Waals surface area contributed by atoms with Crippen LogP contribution in [0, 0.1) is 5.82 Å². The van der Waals surface area contributed by atoms with Gasteiger partial charge in [0.1, 0.15) is 11.4 Å². The zero-order chi connectivity index (χ0) is 22.7. The van der Waals surface area contributed by atoms with E-state index < -0.39 is 0 Å². The van der Waals surface area contributed by atoms with Crippen LogP contribution in [0.25, 0.3) is 11.0 Å². The van der Waals surface area contributed by atoms with Gasteiger partial charge in [0.05, 0.1) is 18.6 Å². The molecule has 1 N–H and O–H groups in total. The molecule has 1 aliphatic heterocycles. The number of nitrogens with one attached hydrogen (secondary N) is 1. The number of carbonyl (C=O) groups is 1. The zero-order valence-corrected chi connectivity index (χ0v) is 18.2. The fraction of sp³-hybridized carbons (Fsp3) is 0.333. The van der Waals surface area contributed by atoms with Crippen molar-refractivity contribution in [2.24, 2.45) is 0 Å². The molecule has 0 bridgehead atoms. The highest BCUT2D eigenvalue weighted by molar-refractivity contribution is 5.98.